The van der Waals surface area contributed by atoms with Crippen LogP contribution in [-0.4, -0.2) is 18.9 Å². The first-order chi connectivity index (χ1) is 5.36. The van der Waals surface area contributed by atoms with Crippen LogP contribution >= 0.6 is 0 Å². The fourth-order valence-corrected chi connectivity index (χ4v) is 2.29. The first kappa shape index (κ1) is 7.53. The largest absolute Gasteiger partial charge is 0.375 e. The lowest BCUT2D eigenvalue weighted by Gasteiger charge is -2.36. The van der Waals surface area contributed by atoms with Crippen LogP contribution in [0.15, 0.2) is 0 Å². The van der Waals surface area contributed by atoms with E-state index in [4.69, 9.17) is 4.74 Å². The second-order valence-electron chi connectivity index (χ2n) is 3.75. The molecule has 11 heavy (non-hydrogen) atoms. The molecule has 1 aliphatic heterocycles. The summed E-state index contributed by atoms with van der Waals surface area (Å²) in [6, 6.07) is 0. The minimum absolute atomic E-state index is 0.348. The van der Waals surface area contributed by atoms with Gasteiger partial charge < -0.3 is 4.74 Å². The standard InChI is InChI=1S/C9H15FO/c10-8-5-7-3-1-2-4-9(7)11-6-8/h7-9H,1-6H2/t7-,8?,9+/m0/s1. The van der Waals surface area contributed by atoms with Gasteiger partial charge in [-0.1, -0.05) is 12.8 Å². The number of fused-ring (bicyclic) bond motifs is 1. The lowest BCUT2D eigenvalue weighted by atomic mass is 9.82. The van der Waals surface area contributed by atoms with Crippen molar-refractivity contribution in [3.05, 3.63) is 0 Å². The Kier molecular flexibility index (Phi) is 2.12. The molecule has 0 radical (unpaired) electrons. The highest BCUT2D eigenvalue weighted by atomic mass is 19.1. The Morgan fingerprint density at radius 3 is 2.91 bits per heavy atom. The molecule has 1 unspecified atom stereocenters. The molecule has 2 aliphatic rings. The Bertz CT molecular complexity index is 138. The molecule has 64 valence electrons. The van der Waals surface area contributed by atoms with Crippen LogP contribution in [0.4, 0.5) is 4.39 Å². The molecule has 0 bridgehead atoms. The molecule has 0 N–H and O–H groups in total. The first-order valence-electron chi connectivity index (χ1n) is 4.62. The van der Waals surface area contributed by atoms with Gasteiger partial charge in [0.15, 0.2) is 0 Å². The van der Waals surface area contributed by atoms with E-state index in [0.29, 0.717) is 18.6 Å². The molecule has 0 aromatic carbocycles. The maximum Gasteiger partial charge on any atom is 0.124 e. The lowest BCUT2D eigenvalue weighted by molar-refractivity contribution is -0.0812. The van der Waals surface area contributed by atoms with Gasteiger partial charge in [0.1, 0.15) is 6.17 Å². The van der Waals surface area contributed by atoms with E-state index in [9.17, 15) is 4.39 Å². The zero-order valence-corrected chi connectivity index (χ0v) is 6.76. The summed E-state index contributed by atoms with van der Waals surface area (Å²) < 4.78 is 18.2. The van der Waals surface area contributed by atoms with Gasteiger partial charge in [0.2, 0.25) is 0 Å². The van der Waals surface area contributed by atoms with Gasteiger partial charge in [-0.3, -0.25) is 0 Å². The molecular formula is C9H15FO. The number of hydrogen-bond acceptors (Lipinski definition) is 1. The van der Waals surface area contributed by atoms with Crippen molar-refractivity contribution in [3.8, 4) is 0 Å². The molecule has 0 spiro atoms. The SMILES string of the molecule is FC1CO[C@@H]2CCCC[C@H]2C1. The number of rotatable bonds is 0. The summed E-state index contributed by atoms with van der Waals surface area (Å²) in [5.74, 6) is 0.535. The van der Waals surface area contributed by atoms with Crippen LogP contribution in [0.2, 0.25) is 0 Å². The Balaban J connectivity index is 1.93. The molecular weight excluding hydrogens is 143 g/mol. The highest BCUT2D eigenvalue weighted by Gasteiger charge is 2.32. The molecule has 0 aromatic heterocycles. The van der Waals surface area contributed by atoms with E-state index in [1.54, 1.807) is 0 Å². The van der Waals surface area contributed by atoms with Crippen molar-refractivity contribution >= 4 is 0 Å². The maximum absolute atomic E-state index is 12.8. The summed E-state index contributed by atoms with van der Waals surface area (Å²) >= 11 is 0. The maximum atomic E-state index is 12.8. The average molecular weight is 158 g/mol. The second kappa shape index (κ2) is 3.10. The molecule has 1 aliphatic carbocycles. The van der Waals surface area contributed by atoms with Crippen molar-refractivity contribution in [2.24, 2.45) is 5.92 Å². The minimum Gasteiger partial charge on any atom is -0.375 e. The Labute approximate surface area is 66.9 Å². The van der Waals surface area contributed by atoms with Crippen LogP contribution in [0.1, 0.15) is 32.1 Å². The van der Waals surface area contributed by atoms with Crippen molar-refractivity contribution < 1.29 is 9.13 Å². The van der Waals surface area contributed by atoms with Gasteiger partial charge in [0.05, 0.1) is 12.7 Å². The number of alkyl halides is 1. The highest BCUT2D eigenvalue weighted by molar-refractivity contribution is 4.82. The van der Waals surface area contributed by atoms with Gasteiger partial charge in [0, 0.05) is 0 Å². The summed E-state index contributed by atoms with van der Waals surface area (Å²) in [4.78, 5) is 0. The average Bonchev–Trinajstić information content (AvgIpc) is 2.04. The Morgan fingerprint density at radius 2 is 2.00 bits per heavy atom. The molecule has 1 heterocycles. The van der Waals surface area contributed by atoms with Crippen LogP contribution in [0.5, 0.6) is 0 Å². The van der Waals surface area contributed by atoms with Crippen LogP contribution < -0.4 is 0 Å². The van der Waals surface area contributed by atoms with E-state index in [1.165, 1.54) is 19.3 Å². The van der Waals surface area contributed by atoms with Crippen molar-refractivity contribution in [2.75, 3.05) is 6.61 Å². The van der Waals surface area contributed by atoms with Crippen LogP contribution in [0.25, 0.3) is 0 Å². The quantitative estimate of drug-likeness (QED) is 0.525. The highest BCUT2D eigenvalue weighted by Crippen LogP contribution is 2.34. The smallest absolute Gasteiger partial charge is 0.124 e. The lowest BCUT2D eigenvalue weighted by Crippen LogP contribution is -2.37. The molecule has 0 amide bonds. The van der Waals surface area contributed by atoms with E-state index >= 15 is 0 Å². The normalized spacial score (nSPS) is 45.0. The fraction of sp³-hybridized carbons (Fsp3) is 1.00. The van der Waals surface area contributed by atoms with E-state index in [2.05, 4.69) is 0 Å². The van der Waals surface area contributed by atoms with Gasteiger partial charge in [-0.2, -0.15) is 0 Å². The third kappa shape index (κ3) is 1.56. The number of halogens is 1. The molecule has 2 rings (SSSR count). The van der Waals surface area contributed by atoms with Crippen LogP contribution in [-0.2, 0) is 4.74 Å². The molecule has 3 atom stereocenters. The van der Waals surface area contributed by atoms with Crippen molar-refractivity contribution in [1.29, 1.82) is 0 Å². The van der Waals surface area contributed by atoms with Crippen LogP contribution in [0.3, 0.4) is 0 Å². The van der Waals surface area contributed by atoms with E-state index in [-0.39, 0.29) is 0 Å². The van der Waals surface area contributed by atoms with Gasteiger partial charge in [-0.25, -0.2) is 4.39 Å². The summed E-state index contributed by atoms with van der Waals surface area (Å²) in [7, 11) is 0. The molecule has 1 nitrogen and oxygen atoms in total. The summed E-state index contributed by atoms with van der Waals surface area (Å²) in [6.07, 6.45) is 5.37. The predicted molar refractivity (Wildman–Crippen MR) is 41.2 cm³/mol. The monoisotopic (exact) mass is 158 g/mol. The minimum atomic E-state index is -0.686. The Morgan fingerprint density at radius 1 is 1.18 bits per heavy atom. The molecule has 2 heteroatoms. The van der Waals surface area contributed by atoms with E-state index in [0.717, 1.165) is 12.8 Å². The fourth-order valence-electron chi connectivity index (χ4n) is 2.29. The second-order valence-corrected chi connectivity index (χ2v) is 3.75. The van der Waals surface area contributed by atoms with Crippen LogP contribution in [0, 0.1) is 5.92 Å². The zero-order chi connectivity index (χ0) is 7.68. The molecule has 2 fully saturated rings. The number of hydrogen-bond donors (Lipinski definition) is 0. The van der Waals surface area contributed by atoms with Crippen molar-refractivity contribution in [2.45, 2.75) is 44.4 Å². The third-order valence-corrected chi connectivity index (χ3v) is 2.89. The molecule has 1 saturated carbocycles. The van der Waals surface area contributed by atoms with E-state index < -0.39 is 6.17 Å². The van der Waals surface area contributed by atoms with Gasteiger partial charge >= 0.3 is 0 Å². The third-order valence-electron chi connectivity index (χ3n) is 2.89. The zero-order valence-electron chi connectivity index (χ0n) is 6.76. The topological polar surface area (TPSA) is 9.23 Å². The summed E-state index contributed by atoms with van der Waals surface area (Å²) in [6.45, 7) is 0.348. The van der Waals surface area contributed by atoms with E-state index in [1.807, 2.05) is 0 Å². The van der Waals surface area contributed by atoms with Gasteiger partial charge in [0.25, 0.3) is 0 Å². The molecule has 0 aromatic rings. The van der Waals surface area contributed by atoms with Gasteiger partial charge in [-0.15, -0.1) is 0 Å². The summed E-state index contributed by atoms with van der Waals surface area (Å²) in [5, 5.41) is 0. The number of ether oxygens (including phenoxy) is 1. The Hall–Kier alpha value is -0.110. The van der Waals surface area contributed by atoms with Crippen molar-refractivity contribution in [3.63, 3.8) is 0 Å². The van der Waals surface area contributed by atoms with Gasteiger partial charge in [-0.05, 0) is 25.2 Å². The molecule has 1 saturated heterocycles. The first-order valence-corrected chi connectivity index (χ1v) is 4.62. The van der Waals surface area contributed by atoms with Crippen molar-refractivity contribution in [1.82, 2.24) is 0 Å². The summed E-state index contributed by atoms with van der Waals surface area (Å²) in [5.41, 5.74) is 0. The predicted octanol–water partition coefficient (Wildman–Crippen LogP) is 2.30.